The molecule has 0 aromatic heterocycles. The van der Waals surface area contributed by atoms with Gasteiger partial charge in [-0.25, -0.2) is 0 Å². The molecule has 0 amide bonds. The highest BCUT2D eigenvalue weighted by Crippen LogP contribution is 2.54. The van der Waals surface area contributed by atoms with Crippen LogP contribution in [0.25, 0.3) is 0 Å². The summed E-state index contributed by atoms with van der Waals surface area (Å²) < 4.78 is 0. The summed E-state index contributed by atoms with van der Waals surface area (Å²) in [7, 11) is 0. The molecule has 1 aromatic carbocycles. The van der Waals surface area contributed by atoms with Crippen LogP contribution in [0.2, 0.25) is 0 Å². The standard InChI is InChI=1S/C14H19NO.C7H13NO/c16-13-11-15(9-8-14(13)6-7-14)10-12-4-2-1-3-5-12;9-6-5-8-4-3-7(6)1-2-7/h1-5,13,16H,6-11H2;6,8-9H,1-5H2/t13-;6-/m11/s1. The van der Waals surface area contributed by atoms with Crippen molar-refractivity contribution in [3.05, 3.63) is 35.9 Å². The van der Waals surface area contributed by atoms with Gasteiger partial charge in [0.2, 0.25) is 0 Å². The smallest absolute Gasteiger partial charge is 0.0723 e. The van der Waals surface area contributed by atoms with E-state index in [2.05, 4.69) is 34.5 Å². The highest BCUT2D eigenvalue weighted by atomic mass is 16.3. The van der Waals surface area contributed by atoms with Crippen LogP contribution in [0.3, 0.4) is 0 Å². The second-order valence-corrected chi connectivity index (χ2v) is 8.68. The fourth-order valence-corrected chi connectivity index (χ4v) is 4.51. The molecule has 2 heterocycles. The fourth-order valence-electron chi connectivity index (χ4n) is 4.51. The Bertz CT molecular complexity index is 569. The molecule has 2 saturated heterocycles. The molecule has 2 spiro atoms. The van der Waals surface area contributed by atoms with Crippen molar-refractivity contribution in [1.82, 2.24) is 10.2 Å². The molecule has 2 aliphatic carbocycles. The number of nitrogens with one attached hydrogen (secondary N) is 1. The number of rotatable bonds is 2. The highest BCUT2D eigenvalue weighted by Gasteiger charge is 2.51. The molecule has 2 saturated carbocycles. The van der Waals surface area contributed by atoms with Crippen LogP contribution in [-0.4, -0.2) is 53.5 Å². The minimum atomic E-state index is -0.0926. The average Bonchev–Trinajstić information content (AvgIpc) is 3.54. The largest absolute Gasteiger partial charge is 0.391 e. The van der Waals surface area contributed by atoms with Crippen LogP contribution >= 0.6 is 0 Å². The van der Waals surface area contributed by atoms with Crippen LogP contribution in [0.5, 0.6) is 0 Å². The number of hydrogen-bond acceptors (Lipinski definition) is 4. The van der Waals surface area contributed by atoms with E-state index in [9.17, 15) is 10.2 Å². The van der Waals surface area contributed by atoms with E-state index in [1.807, 2.05) is 6.07 Å². The minimum Gasteiger partial charge on any atom is -0.391 e. The third-order valence-corrected chi connectivity index (χ3v) is 6.94. The van der Waals surface area contributed by atoms with Gasteiger partial charge in [0, 0.05) is 19.6 Å². The van der Waals surface area contributed by atoms with E-state index >= 15 is 0 Å². The van der Waals surface area contributed by atoms with Crippen molar-refractivity contribution < 1.29 is 10.2 Å². The zero-order valence-electron chi connectivity index (χ0n) is 15.2. The predicted octanol–water partition coefficient (Wildman–Crippen LogP) is 2.15. The third kappa shape index (κ3) is 3.92. The Balaban J connectivity index is 0.000000147. The van der Waals surface area contributed by atoms with E-state index in [0.29, 0.717) is 10.8 Å². The molecule has 3 N–H and O–H groups in total. The Morgan fingerprint density at radius 3 is 2.16 bits per heavy atom. The van der Waals surface area contributed by atoms with Gasteiger partial charge in [0.05, 0.1) is 12.2 Å². The average molecular weight is 344 g/mol. The van der Waals surface area contributed by atoms with Gasteiger partial charge in [0.1, 0.15) is 0 Å². The van der Waals surface area contributed by atoms with Crippen LogP contribution < -0.4 is 5.32 Å². The molecule has 0 unspecified atom stereocenters. The third-order valence-electron chi connectivity index (χ3n) is 6.94. The number of β-amino-alcohol motifs (C(OH)–C–C–N with tert-alkyl or cyclic N) is 2. The molecule has 1 aromatic rings. The Morgan fingerprint density at radius 1 is 0.920 bits per heavy atom. The summed E-state index contributed by atoms with van der Waals surface area (Å²) in [5.41, 5.74) is 2.06. The molecule has 4 aliphatic rings. The Labute approximate surface area is 151 Å². The highest BCUT2D eigenvalue weighted by molar-refractivity contribution is 5.15. The Morgan fingerprint density at radius 2 is 1.60 bits per heavy atom. The van der Waals surface area contributed by atoms with E-state index in [4.69, 9.17) is 0 Å². The van der Waals surface area contributed by atoms with Gasteiger partial charge in [-0.1, -0.05) is 30.3 Å². The molecule has 5 rings (SSSR count). The monoisotopic (exact) mass is 344 g/mol. The number of hydrogen-bond donors (Lipinski definition) is 3. The Hall–Kier alpha value is -0.940. The number of aliphatic hydroxyl groups is 2. The van der Waals surface area contributed by atoms with Crippen LogP contribution in [0, 0.1) is 10.8 Å². The first-order valence-corrected chi connectivity index (χ1v) is 9.95. The maximum atomic E-state index is 10.1. The molecule has 0 radical (unpaired) electrons. The van der Waals surface area contributed by atoms with Crippen molar-refractivity contribution in [3.63, 3.8) is 0 Å². The van der Waals surface area contributed by atoms with Crippen molar-refractivity contribution in [2.45, 2.75) is 57.3 Å². The summed E-state index contributed by atoms with van der Waals surface area (Å²) in [5.74, 6) is 0. The summed E-state index contributed by atoms with van der Waals surface area (Å²) in [5, 5.41) is 22.7. The van der Waals surface area contributed by atoms with E-state index in [0.717, 1.165) is 32.7 Å². The summed E-state index contributed by atoms with van der Waals surface area (Å²) in [6, 6.07) is 10.5. The molecule has 0 bridgehead atoms. The second kappa shape index (κ2) is 6.99. The summed E-state index contributed by atoms with van der Waals surface area (Å²) in [6.07, 6.45) is 7.23. The van der Waals surface area contributed by atoms with Crippen molar-refractivity contribution in [2.75, 3.05) is 26.2 Å². The predicted molar refractivity (Wildman–Crippen MR) is 99.2 cm³/mol. The molecule has 4 fully saturated rings. The summed E-state index contributed by atoms with van der Waals surface area (Å²) in [4.78, 5) is 2.38. The number of likely N-dealkylation sites (tertiary alicyclic amines) is 1. The fraction of sp³-hybridized carbons (Fsp3) is 0.714. The topological polar surface area (TPSA) is 55.7 Å². The summed E-state index contributed by atoms with van der Waals surface area (Å²) >= 11 is 0. The zero-order valence-corrected chi connectivity index (χ0v) is 15.2. The number of nitrogens with zero attached hydrogens (tertiary/aromatic N) is 1. The quantitative estimate of drug-likeness (QED) is 0.769. The lowest BCUT2D eigenvalue weighted by atomic mass is 9.90. The molecule has 2 atom stereocenters. The van der Waals surface area contributed by atoms with Gasteiger partial charge in [-0.15, -0.1) is 0 Å². The van der Waals surface area contributed by atoms with Gasteiger partial charge in [0.25, 0.3) is 0 Å². The van der Waals surface area contributed by atoms with Gasteiger partial charge in [-0.3, -0.25) is 4.90 Å². The molecule has 2 aliphatic heterocycles. The van der Waals surface area contributed by atoms with E-state index in [-0.39, 0.29) is 12.2 Å². The van der Waals surface area contributed by atoms with Gasteiger partial charge in [0.15, 0.2) is 0 Å². The van der Waals surface area contributed by atoms with Gasteiger partial charge in [-0.2, -0.15) is 0 Å². The van der Waals surface area contributed by atoms with Crippen LogP contribution in [-0.2, 0) is 6.54 Å². The minimum absolute atomic E-state index is 0.0498. The zero-order chi connectivity index (χ0) is 17.3. The number of aliphatic hydroxyl groups excluding tert-OH is 2. The van der Waals surface area contributed by atoms with E-state index in [1.54, 1.807) is 0 Å². The van der Waals surface area contributed by atoms with Crippen LogP contribution in [0.15, 0.2) is 30.3 Å². The number of benzene rings is 1. The van der Waals surface area contributed by atoms with Gasteiger partial charge >= 0.3 is 0 Å². The molecule has 138 valence electrons. The lowest BCUT2D eigenvalue weighted by Gasteiger charge is -2.36. The first-order valence-electron chi connectivity index (χ1n) is 9.95. The van der Waals surface area contributed by atoms with Gasteiger partial charge in [-0.05, 0) is 68.0 Å². The van der Waals surface area contributed by atoms with E-state index in [1.165, 1.54) is 44.1 Å². The SMILES string of the molecule is O[C@@H]1CN(Cc2ccccc2)CCC12CC2.O[C@@H]1CNCCC12CC2. The molecule has 4 heteroatoms. The number of piperidine rings is 2. The maximum Gasteiger partial charge on any atom is 0.0723 e. The van der Waals surface area contributed by atoms with Crippen molar-refractivity contribution in [1.29, 1.82) is 0 Å². The van der Waals surface area contributed by atoms with Crippen molar-refractivity contribution in [3.8, 4) is 0 Å². The lowest BCUT2D eigenvalue weighted by molar-refractivity contribution is 0.00549. The van der Waals surface area contributed by atoms with Crippen LogP contribution in [0.1, 0.15) is 44.1 Å². The second-order valence-electron chi connectivity index (χ2n) is 8.68. The van der Waals surface area contributed by atoms with E-state index < -0.39 is 0 Å². The first-order chi connectivity index (χ1) is 12.1. The maximum absolute atomic E-state index is 10.1. The Kier molecular flexibility index (Phi) is 4.89. The molecular weight excluding hydrogens is 312 g/mol. The molecular formula is C21H32N2O2. The lowest BCUT2D eigenvalue weighted by Crippen LogP contribution is -2.44. The normalized spacial score (nSPS) is 32.1. The van der Waals surface area contributed by atoms with Crippen molar-refractivity contribution >= 4 is 0 Å². The molecule has 25 heavy (non-hydrogen) atoms. The first kappa shape index (κ1) is 17.5. The molecule has 4 nitrogen and oxygen atoms in total. The summed E-state index contributed by atoms with van der Waals surface area (Å²) in [6.45, 7) is 4.91. The van der Waals surface area contributed by atoms with Crippen molar-refractivity contribution in [2.24, 2.45) is 10.8 Å². The van der Waals surface area contributed by atoms with Crippen LogP contribution in [0.4, 0.5) is 0 Å². The van der Waals surface area contributed by atoms with Gasteiger partial charge < -0.3 is 15.5 Å².